The summed E-state index contributed by atoms with van der Waals surface area (Å²) in [4.78, 5) is 3.59. The molecule has 10 nitrogen and oxygen atoms in total. The monoisotopic (exact) mass is 1020 g/mol. The maximum absolute atomic E-state index is 13.3. The largest absolute Gasteiger partial charge is 0.309 e. The van der Waals surface area contributed by atoms with Gasteiger partial charge < -0.3 is 5.32 Å². The third-order valence-electron chi connectivity index (χ3n) is 12.2. The number of hydrogen-bond acceptors (Lipinski definition) is 5. The van der Waals surface area contributed by atoms with Gasteiger partial charge in [-0.3, -0.25) is 18.7 Å². The number of hydrogen-bond donors (Lipinski definition) is 1. The van der Waals surface area contributed by atoms with E-state index in [9.17, 15) is 17.6 Å². The van der Waals surface area contributed by atoms with Crippen LogP contribution < -0.4 is 5.32 Å². The zero-order valence-corrected chi connectivity index (χ0v) is 39.1. The molecule has 67 heavy (non-hydrogen) atoms. The molecule has 12 rings (SSSR count). The first-order valence-corrected chi connectivity index (χ1v) is 23.9. The minimum Gasteiger partial charge on any atom is -0.309 e. The molecule has 0 radical (unpaired) electrons. The van der Waals surface area contributed by atoms with Gasteiger partial charge in [0.2, 0.25) is 5.69 Å². The second-order valence-corrected chi connectivity index (χ2v) is 18.0. The molecule has 342 valence electrons. The van der Waals surface area contributed by atoms with E-state index in [-0.39, 0.29) is 23.3 Å². The highest BCUT2D eigenvalue weighted by atomic mass is 127. The number of aryl methyl sites for hydroxylation is 4. The fraction of sp³-hybridized carbons (Fsp3) is 0.288. The maximum atomic E-state index is 13.3. The standard InChI is InChI=1S/C14H12FN3.C13H12FIN2.C13H13FN2.C12H12FN3/c1-16-14-12-7-2-3-8-18(12)17-13(14)10-5-4-6-11(15)9-10;14-10-5-3-4-9(8-10)13-12(15)11-6-1-2-7-17(11)16-13;14-11-5-3-4-10(8-11)13-9-12-6-1-2-7-16(12)15-13;13-10-3-1-2-9(6-10)12-7-11-8-14-4-5-16(11)15-12/h4-6,9H,2-3,7-8H2;3-5,8H,1-2,6-7H2;3-5,8-9H,1-2,6-7H2;1-3,6-7,14H,4-5,8H2. The average molecular weight is 1020 g/mol. The lowest BCUT2D eigenvalue weighted by Crippen LogP contribution is -2.28. The van der Waals surface area contributed by atoms with Crippen molar-refractivity contribution in [1.82, 2.24) is 44.4 Å². The van der Waals surface area contributed by atoms with Gasteiger partial charge in [-0.1, -0.05) is 48.5 Å². The number of nitrogens with zero attached hydrogens (tertiary/aromatic N) is 9. The highest BCUT2D eigenvalue weighted by Crippen LogP contribution is 2.36. The first-order valence-electron chi connectivity index (χ1n) is 22.8. The van der Waals surface area contributed by atoms with Gasteiger partial charge in [-0.2, -0.15) is 20.4 Å². The Morgan fingerprint density at radius 3 is 1.49 bits per heavy atom. The summed E-state index contributed by atoms with van der Waals surface area (Å²) in [5.41, 5.74) is 11.8. The van der Waals surface area contributed by atoms with Crippen LogP contribution in [0.15, 0.2) is 109 Å². The van der Waals surface area contributed by atoms with Crippen LogP contribution in [0.1, 0.15) is 61.3 Å². The summed E-state index contributed by atoms with van der Waals surface area (Å²) in [5.74, 6) is -0.927. The molecule has 0 spiro atoms. The molecule has 0 saturated carbocycles. The predicted octanol–water partition coefficient (Wildman–Crippen LogP) is 12.0. The van der Waals surface area contributed by atoms with Crippen LogP contribution in [0.4, 0.5) is 23.2 Å². The van der Waals surface area contributed by atoms with E-state index in [4.69, 9.17) is 6.57 Å². The lowest BCUT2D eigenvalue weighted by molar-refractivity contribution is 0.476. The van der Waals surface area contributed by atoms with Crippen LogP contribution in [0.25, 0.3) is 49.9 Å². The molecular formula is C52H49F4IN10. The second-order valence-electron chi connectivity index (χ2n) is 16.9. The molecule has 1 N–H and O–H groups in total. The quantitative estimate of drug-likeness (QED) is 0.108. The number of nitrogens with one attached hydrogen (secondary N) is 1. The topological polar surface area (TPSA) is 87.7 Å². The van der Waals surface area contributed by atoms with Crippen LogP contribution in [0.3, 0.4) is 0 Å². The summed E-state index contributed by atoms with van der Waals surface area (Å²) in [6.45, 7) is 12.8. The summed E-state index contributed by atoms with van der Waals surface area (Å²) in [6, 6.07) is 30.2. The Bertz CT molecular complexity index is 2910. The van der Waals surface area contributed by atoms with Gasteiger partial charge in [-0.25, -0.2) is 22.4 Å². The van der Waals surface area contributed by atoms with Crippen molar-refractivity contribution in [2.75, 3.05) is 6.54 Å². The minimum atomic E-state index is -0.297. The third kappa shape index (κ3) is 10.8. The van der Waals surface area contributed by atoms with Crippen molar-refractivity contribution in [2.45, 2.75) is 90.5 Å². The summed E-state index contributed by atoms with van der Waals surface area (Å²) in [7, 11) is 0. The Morgan fingerprint density at radius 1 is 0.493 bits per heavy atom. The summed E-state index contributed by atoms with van der Waals surface area (Å²) >= 11 is 2.33. The molecule has 8 heterocycles. The molecule has 0 saturated heterocycles. The van der Waals surface area contributed by atoms with Crippen LogP contribution in [-0.2, 0) is 52.0 Å². The van der Waals surface area contributed by atoms with Gasteiger partial charge in [0.05, 0.1) is 45.2 Å². The molecule has 0 atom stereocenters. The number of halogens is 5. The van der Waals surface area contributed by atoms with Gasteiger partial charge in [-0.05, 0) is 147 Å². The van der Waals surface area contributed by atoms with Crippen molar-refractivity contribution < 1.29 is 17.6 Å². The molecule has 8 aromatic rings. The van der Waals surface area contributed by atoms with Crippen molar-refractivity contribution in [3.8, 4) is 45.0 Å². The first kappa shape index (κ1) is 45.8. The Morgan fingerprint density at radius 2 is 0.955 bits per heavy atom. The first-order chi connectivity index (χ1) is 32.7. The van der Waals surface area contributed by atoms with Crippen molar-refractivity contribution in [2.24, 2.45) is 0 Å². The van der Waals surface area contributed by atoms with Crippen LogP contribution in [0, 0.1) is 33.4 Å². The number of aromatic nitrogens is 8. The van der Waals surface area contributed by atoms with Gasteiger partial charge in [0.25, 0.3) is 0 Å². The van der Waals surface area contributed by atoms with Gasteiger partial charge in [-0.15, -0.1) is 0 Å². The molecule has 0 fully saturated rings. The third-order valence-corrected chi connectivity index (χ3v) is 13.4. The lowest BCUT2D eigenvalue weighted by atomic mass is 10.1. The average Bonchev–Trinajstić information content (AvgIpc) is 4.15. The fourth-order valence-electron chi connectivity index (χ4n) is 8.88. The summed E-state index contributed by atoms with van der Waals surface area (Å²) in [5, 5.41) is 21.3. The van der Waals surface area contributed by atoms with Crippen molar-refractivity contribution >= 4 is 28.3 Å². The fourth-order valence-corrected chi connectivity index (χ4v) is 9.85. The van der Waals surface area contributed by atoms with Gasteiger partial charge in [0.1, 0.15) is 29.0 Å². The molecule has 0 amide bonds. The molecule has 4 aromatic carbocycles. The van der Waals surface area contributed by atoms with Crippen molar-refractivity contribution in [3.05, 3.63) is 170 Å². The molecule has 0 bridgehead atoms. The molecule has 15 heteroatoms. The number of rotatable bonds is 4. The van der Waals surface area contributed by atoms with E-state index in [0.717, 1.165) is 117 Å². The Hall–Kier alpha value is -6.38. The van der Waals surface area contributed by atoms with Gasteiger partial charge >= 0.3 is 0 Å². The molecule has 4 aliphatic heterocycles. The molecule has 4 aromatic heterocycles. The maximum Gasteiger partial charge on any atom is 0.235 e. The number of fused-ring (bicyclic) bond motifs is 4. The van der Waals surface area contributed by atoms with E-state index in [0.29, 0.717) is 16.9 Å². The zero-order valence-electron chi connectivity index (χ0n) is 36.9. The van der Waals surface area contributed by atoms with Crippen LogP contribution in [0.5, 0.6) is 0 Å². The SMILES string of the molecule is Fc1cccc(-c2cc3n(n2)CCCC3)c1.Fc1cccc(-c2cc3n(n2)CCNC3)c1.Fc1cccc(-c2nn3c(c2I)CCCC3)c1.[C-]#[N+]c1c(-c2cccc(F)c2)nn2c1CCCC2. The van der Waals surface area contributed by atoms with Crippen LogP contribution in [-0.4, -0.2) is 45.7 Å². The van der Waals surface area contributed by atoms with Crippen LogP contribution >= 0.6 is 22.6 Å². The van der Waals surface area contributed by atoms with E-state index in [1.807, 2.05) is 38.3 Å². The second kappa shape index (κ2) is 21.1. The molecular weight excluding hydrogens is 968 g/mol. The number of benzene rings is 4. The smallest absolute Gasteiger partial charge is 0.235 e. The lowest BCUT2D eigenvalue weighted by Gasteiger charge is -2.13. The van der Waals surface area contributed by atoms with Crippen LogP contribution in [0.2, 0.25) is 0 Å². The van der Waals surface area contributed by atoms with E-state index < -0.39 is 0 Å². The Kier molecular flexibility index (Phi) is 14.4. The van der Waals surface area contributed by atoms with Gasteiger partial charge in [0, 0.05) is 60.8 Å². The van der Waals surface area contributed by atoms with E-state index in [1.54, 1.807) is 36.4 Å². The normalized spacial score (nSPS) is 14.6. The van der Waals surface area contributed by atoms with Gasteiger partial charge in [0.15, 0.2) is 0 Å². The Labute approximate surface area is 400 Å². The van der Waals surface area contributed by atoms with Crippen molar-refractivity contribution in [3.63, 3.8) is 0 Å². The minimum absolute atomic E-state index is 0.204. The summed E-state index contributed by atoms with van der Waals surface area (Å²) in [6.07, 6.45) is 10.1. The highest BCUT2D eigenvalue weighted by Gasteiger charge is 2.22. The predicted molar refractivity (Wildman–Crippen MR) is 260 cm³/mol. The zero-order chi connectivity index (χ0) is 46.3. The van der Waals surface area contributed by atoms with E-state index >= 15 is 0 Å². The highest BCUT2D eigenvalue weighted by molar-refractivity contribution is 14.1. The molecule has 4 aliphatic rings. The van der Waals surface area contributed by atoms with Crippen molar-refractivity contribution in [1.29, 1.82) is 0 Å². The molecule has 0 aliphatic carbocycles. The Balaban J connectivity index is 0.000000112. The van der Waals surface area contributed by atoms with E-state index in [2.05, 4.69) is 63.9 Å². The summed E-state index contributed by atoms with van der Waals surface area (Å²) < 4.78 is 61.9. The molecule has 0 unspecified atom stereocenters. The van der Waals surface area contributed by atoms with E-state index in [1.165, 1.54) is 83.1 Å².